The molecule has 4 nitrogen and oxygen atoms in total. The lowest BCUT2D eigenvalue weighted by molar-refractivity contribution is -0.127. The number of thiophene rings is 1. The number of carbonyl (C=O) groups is 2. The summed E-state index contributed by atoms with van der Waals surface area (Å²) < 4.78 is 1.22. The molecule has 2 aromatic carbocycles. The molecule has 0 saturated heterocycles. The van der Waals surface area contributed by atoms with Gasteiger partial charge in [-0.2, -0.15) is 0 Å². The third kappa shape index (κ3) is 3.63. The largest absolute Gasteiger partial charge is 0.368 e. The summed E-state index contributed by atoms with van der Waals surface area (Å²) in [6.45, 7) is 0. The monoisotopic (exact) mass is 338 g/mol. The molecule has 0 unspecified atom stereocenters. The van der Waals surface area contributed by atoms with Crippen LogP contribution in [0.1, 0.15) is 23.6 Å². The molecule has 0 fully saturated rings. The fourth-order valence-electron chi connectivity index (χ4n) is 2.67. The Morgan fingerprint density at radius 2 is 1.75 bits per heavy atom. The van der Waals surface area contributed by atoms with Crippen LogP contribution in [0, 0.1) is 0 Å². The average Bonchev–Trinajstić information content (AvgIpc) is 3.01. The van der Waals surface area contributed by atoms with Crippen molar-refractivity contribution in [2.75, 3.05) is 0 Å². The van der Waals surface area contributed by atoms with Crippen LogP contribution in [-0.4, -0.2) is 11.8 Å². The average molecular weight is 338 g/mol. The van der Waals surface area contributed by atoms with Crippen LogP contribution in [0.3, 0.4) is 0 Å². The highest BCUT2D eigenvalue weighted by molar-refractivity contribution is 7.17. The van der Waals surface area contributed by atoms with Gasteiger partial charge in [0.1, 0.15) is 6.04 Å². The van der Waals surface area contributed by atoms with Gasteiger partial charge in [-0.1, -0.05) is 48.5 Å². The molecule has 0 bridgehead atoms. The predicted octanol–water partition coefficient (Wildman–Crippen LogP) is 3.18. The second-order valence-electron chi connectivity index (χ2n) is 5.57. The first-order chi connectivity index (χ1) is 11.6. The van der Waals surface area contributed by atoms with Crippen LogP contribution >= 0.6 is 11.3 Å². The van der Waals surface area contributed by atoms with Crippen molar-refractivity contribution in [3.05, 3.63) is 71.1 Å². The number of amides is 2. The second-order valence-corrected chi connectivity index (χ2v) is 6.48. The number of carbonyl (C=O) groups excluding carboxylic acids is 2. The van der Waals surface area contributed by atoms with Crippen molar-refractivity contribution in [3.63, 3.8) is 0 Å². The standard InChI is InChI=1S/C19H18N2O2S/c20-19(23)18(13-6-2-1-3-7-13)21-17(22)11-10-14-12-24-16-9-5-4-8-15(14)16/h1-9,12,18H,10-11H2,(H2,20,23)(H,21,22)/t18-/m0/s1. The quantitative estimate of drug-likeness (QED) is 0.724. The van der Waals surface area contributed by atoms with E-state index in [-0.39, 0.29) is 5.91 Å². The summed E-state index contributed by atoms with van der Waals surface area (Å²) in [7, 11) is 0. The lowest BCUT2D eigenvalue weighted by atomic mass is 10.1. The summed E-state index contributed by atoms with van der Waals surface area (Å²) in [6.07, 6.45) is 0.952. The number of aryl methyl sites for hydroxylation is 1. The minimum absolute atomic E-state index is 0.182. The molecule has 3 N–H and O–H groups in total. The molecule has 24 heavy (non-hydrogen) atoms. The summed E-state index contributed by atoms with van der Waals surface area (Å²) in [5.41, 5.74) is 7.28. The van der Waals surface area contributed by atoms with Crippen molar-refractivity contribution in [2.45, 2.75) is 18.9 Å². The molecular formula is C19H18N2O2S. The Bertz CT molecular complexity index is 858. The van der Waals surface area contributed by atoms with E-state index < -0.39 is 11.9 Å². The minimum atomic E-state index is -0.794. The van der Waals surface area contributed by atoms with Gasteiger partial charge in [-0.3, -0.25) is 9.59 Å². The summed E-state index contributed by atoms with van der Waals surface area (Å²) in [5.74, 6) is -0.742. The van der Waals surface area contributed by atoms with E-state index in [4.69, 9.17) is 5.73 Å². The van der Waals surface area contributed by atoms with Gasteiger partial charge in [-0.15, -0.1) is 11.3 Å². The summed E-state index contributed by atoms with van der Waals surface area (Å²) in [6, 6.07) is 16.4. The van der Waals surface area contributed by atoms with Crippen LogP contribution in [0.25, 0.3) is 10.1 Å². The fourth-order valence-corrected chi connectivity index (χ4v) is 3.67. The van der Waals surface area contributed by atoms with E-state index in [0.717, 1.165) is 5.56 Å². The van der Waals surface area contributed by atoms with Crippen molar-refractivity contribution >= 4 is 33.2 Å². The zero-order valence-electron chi connectivity index (χ0n) is 13.1. The first kappa shape index (κ1) is 16.2. The Kier molecular flexibility index (Phi) is 4.91. The van der Waals surface area contributed by atoms with E-state index in [2.05, 4.69) is 22.8 Å². The SMILES string of the molecule is NC(=O)[C@@H](NC(=O)CCc1csc2ccccc12)c1ccccc1. The smallest absolute Gasteiger partial charge is 0.244 e. The fraction of sp³-hybridized carbons (Fsp3) is 0.158. The van der Waals surface area contributed by atoms with Gasteiger partial charge >= 0.3 is 0 Å². The van der Waals surface area contributed by atoms with Crippen LogP contribution < -0.4 is 11.1 Å². The number of rotatable bonds is 6. The Hall–Kier alpha value is -2.66. The summed E-state index contributed by atoms with van der Waals surface area (Å²) in [5, 5.41) is 6.00. The number of hydrogen-bond donors (Lipinski definition) is 2. The van der Waals surface area contributed by atoms with Crippen LogP contribution in [-0.2, 0) is 16.0 Å². The van der Waals surface area contributed by atoms with Gasteiger partial charge in [0.25, 0.3) is 0 Å². The highest BCUT2D eigenvalue weighted by Crippen LogP contribution is 2.26. The molecule has 0 spiro atoms. The van der Waals surface area contributed by atoms with Gasteiger partial charge in [-0.05, 0) is 34.4 Å². The molecule has 5 heteroatoms. The third-order valence-corrected chi connectivity index (χ3v) is 4.92. The highest BCUT2D eigenvalue weighted by Gasteiger charge is 2.19. The van der Waals surface area contributed by atoms with Crippen LogP contribution in [0.4, 0.5) is 0 Å². The maximum Gasteiger partial charge on any atom is 0.244 e. The third-order valence-electron chi connectivity index (χ3n) is 3.91. The molecule has 0 aliphatic carbocycles. The molecule has 0 aliphatic rings. The molecule has 2 amide bonds. The van der Waals surface area contributed by atoms with E-state index in [1.165, 1.54) is 10.1 Å². The van der Waals surface area contributed by atoms with Gasteiger partial charge in [0.2, 0.25) is 11.8 Å². The molecule has 1 heterocycles. The molecule has 0 saturated carbocycles. The molecular weight excluding hydrogens is 320 g/mol. The van der Waals surface area contributed by atoms with Gasteiger partial charge in [-0.25, -0.2) is 0 Å². The summed E-state index contributed by atoms with van der Waals surface area (Å²) >= 11 is 1.68. The first-order valence-electron chi connectivity index (χ1n) is 7.74. The topological polar surface area (TPSA) is 72.2 Å². The first-order valence-corrected chi connectivity index (χ1v) is 8.62. The van der Waals surface area contributed by atoms with Gasteiger partial charge in [0.05, 0.1) is 0 Å². The van der Waals surface area contributed by atoms with E-state index in [1.807, 2.05) is 30.3 Å². The number of nitrogens with one attached hydrogen (secondary N) is 1. The normalized spacial score (nSPS) is 12.0. The zero-order chi connectivity index (χ0) is 16.9. The number of nitrogens with two attached hydrogens (primary N) is 1. The van der Waals surface area contributed by atoms with Crippen molar-refractivity contribution < 1.29 is 9.59 Å². The zero-order valence-corrected chi connectivity index (χ0v) is 13.9. The van der Waals surface area contributed by atoms with Crippen LogP contribution in [0.15, 0.2) is 60.0 Å². The van der Waals surface area contributed by atoms with Crippen LogP contribution in [0.5, 0.6) is 0 Å². The van der Waals surface area contributed by atoms with Crippen LogP contribution in [0.2, 0.25) is 0 Å². The molecule has 0 aliphatic heterocycles. The number of hydrogen-bond acceptors (Lipinski definition) is 3. The molecule has 1 aromatic heterocycles. The van der Waals surface area contributed by atoms with Crippen molar-refractivity contribution in [1.29, 1.82) is 0 Å². The molecule has 3 aromatic rings. The highest BCUT2D eigenvalue weighted by atomic mass is 32.1. The second kappa shape index (κ2) is 7.27. The van der Waals surface area contributed by atoms with Crippen molar-refractivity contribution in [2.24, 2.45) is 5.73 Å². The van der Waals surface area contributed by atoms with E-state index in [1.54, 1.807) is 23.5 Å². The lowest BCUT2D eigenvalue weighted by Gasteiger charge is -2.15. The van der Waals surface area contributed by atoms with Crippen molar-refractivity contribution in [3.8, 4) is 0 Å². The maximum absolute atomic E-state index is 12.2. The van der Waals surface area contributed by atoms with E-state index in [0.29, 0.717) is 18.4 Å². The molecule has 1 atom stereocenters. The Labute approximate surface area is 144 Å². The Morgan fingerprint density at radius 3 is 2.50 bits per heavy atom. The number of fused-ring (bicyclic) bond motifs is 1. The summed E-state index contributed by atoms with van der Waals surface area (Å²) in [4.78, 5) is 23.9. The Balaban J connectivity index is 1.65. The van der Waals surface area contributed by atoms with E-state index >= 15 is 0 Å². The molecule has 0 radical (unpaired) electrons. The minimum Gasteiger partial charge on any atom is -0.368 e. The maximum atomic E-state index is 12.2. The van der Waals surface area contributed by atoms with E-state index in [9.17, 15) is 9.59 Å². The Morgan fingerprint density at radius 1 is 1.04 bits per heavy atom. The predicted molar refractivity (Wildman–Crippen MR) is 96.7 cm³/mol. The number of benzene rings is 2. The lowest BCUT2D eigenvalue weighted by Crippen LogP contribution is -2.37. The van der Waals surface area contributed by atoms with Crippen molar-refractivity contribution in [1.82, 2.24) is 5.32 Å². The van der Waals surface area contributed by atoms with Gasteiger partial charge < -0.3 is 11.1 Å². The number of primary amides is 1. The van der Waals surface area contributed by atoms with Gasteiger partial charge in [0.15, 0.2) is 0 Å². The van der Waals surface area contributed by atoms with Gasteiger partial charge in [0, 0.05) is 11.1 Å². The molecule has 122 valence electrons. The molecule has 3 rings (SSSR count).